The lowest BCUT2D eigenvalue weighted by Gasteiger charge is -2.22. The maximum absolute atomic E-state index is 5.93. The van der Waals surface area contributed by atoms with Crippen molar-refractivity contribution in [2.75, 3.05) is 13.1 Å². The maximum Gasteiger partial charge on any atom is 0.0114 e. The van der Waals surface area contributed by atoms with Gasteiger partial charge in [0.15, 0.2) is 0 Å². The van der Waals surface area contributed by atoms with Gasteiger partial charge < -0.3 is 16.8 Å². The molecule has 0 radical (unpaired) electrons. The average Bonchev–Trinajstić information content (AvgIpc) is 2.15. The van der Waals surface area contributed by atoms with Crippen molar-refractivity contribution in [1.82, 2.24) is 5.32 Å². The Morgan fingerprint density at radius 3 is 2.38 bits per heavy atom. The molecule has 0 aromatic carbocycles. The number of nitrogens with one attached hydrogen (secondary N) is 1. The van der Waals surface area contributed by atoms with E-state index in [0.29, 0.717) is 5.92 Å². The second kappa shape index (κ2) is 4.92. The minimum Gasteiger partial charge on any atom is -0.402 e. The molecule has 0 bridgehead atoms. The van der Waals surface area contributed by atoms with Gasteiger partial charge in [-0.15, -0.1) is 0 Å². The Morgan fingerprint density at radius 1 is 1.23 bits per heavy atom. The Balaban J connectivity index is 2.49. The van der Waals surface area contributed by atoms with Crippen molar-refractivity contribution in [3.05, 3.63) is 23.5 Å². The van der Waals surface area contributed by atoms with Gasteiger partial charge in [0.2, 0.25) is 0 Å². The molecule has 1 aliphatic heterocycles. The fourth-order valence-corrected chi connectivity index (χ4v) is 1.52. The lowest BCUT2D eigenvalue weighted by Crippen LogP contribution is -2.30. The summed E-state index contributed by atoms with van der Waals surface area (Å²) in [5.74, 6) is 0.539. The summed E-state index contributed by atoms with van der Waals surface area (Å²) in [5.41, 5.74) is 13.2. The van der Waals surface area contributed by atoms with Crippen molar-refractivity contribution in [2.24, 2.45) is 17.4 Å². The van der Waals surface area contributed by atoms with Gasteiger partial charge >= 0.3 is 0 Å². The second-order valence-corrected chi connectivity index (χ2v) is 3.60. The van der Waals surface area contributed by atoms with E-state index in [-0.39, 0.29) is 0 Å². The highest BCUT2D eigenvalue weighted by atomic mass is 14.9. The van der Waals surface area contributed by atoms with Gasteiger partial charge in [0, 0.05) is 17.3 Å². The van der Waals surface area contributed by atoms with Crippen LogP contribution in [0.5, 0.6) is 0 Å². The van der Waals surface area contributed by atoms with Crippen molar-refractivity contribution in [2.45, 2.75) is 19.8 Å². The minimum absolute atomic E-state index is 0.539. The molecule has 0 unspecified atom stereocenters. The lowest BCUT2D eigenvalue weighted by atomic mass is 9.94. The summed E-state index contributed by atoms with van der Waals surface area (Å²) in [7, 11) is 0. The van der Waals surface area contributed by atoms with Crippen LogP contribution >= 0.6 is 0 Å². The Kier molecular flexibility index (Phi) is 3.83. The van der Waals surface area contributed by atoms with Gasteiger partial charge in [0.25, 0.3) is 0 Å². The summed E-state index contributed by atoms with van der Waals surface area (Å²) in [5, 5.41) is 3.31. The Hall–Kier alpha value is -0.960. The monoisotopic (exact) mass is 181 g/mol. The van der Waals surface area contributed by atoms with Gasteiger partial charge in [0.1, 0.15) is 0 Å². The molecule has 0 aromatic heterocycles. The zero-order valence-corrected chi connectivity index (χ0v) is 8.22. The molecule has 0 atom stereocenters. The van der Waals surface area contributed by atoms with E-state index in [1.807, 2.05) is 19.1 Å². The third-order valence-electron chi connectivity index (χ3n) is 2.35. The number of piperidine rings is 1. The quantitative estimate of drug-likeness (QED) is 0.549. The first kappa shape index (κ1) is 10.1. The van der Waals surface area contributed by atoms with Crippen molar-refractivity contribution < 1.29 is 0 Å². The number of hydrogen-bond acceptors (Lipinski definition) is 3. The maximum atomic E-state index is 5.93. The first-order valence-electron chi connectivity index (χ1n) is 4.80. The van der Waals surface area contributed by atoms with Crippen LogP contribution in [-0.4, -0.2) is 13.1 Å². The third kappa shape index (κ3) is 3.51. The van der Waals surface area contributed by atoms with E-state index in [2.05, 4.69) is 5.32 Å². The summed E-state index contributed by atoms with van der Waals surface area (Å²) in [6.07, 6.45) is 6.09. The molecule has 0 aliphatic carbocycles. The molecule has 1 saturated heterocycles. The van der Waals surface area contributed by atoms with Gasteiger partial charge in [-0.05, 0) is 45.0 Å². The summed E-state index contributed by atoms with van der Waals surface area (Å²) in [6.45, 7) is 4.02. The summed E-state index contributed by atoms with van der Waals surface area (Å²) >= 11 is 0. The Bertz CT molecular complexity index is 208. The molecule has 0 saturated carbocycles. The van der Waals surface area contributed by atoms with Crippen LogP contribution < -0.4 is 16.8 Å². The van der Waals surface area contributed by atoms with Crippen LogP contribution in [0.4, 0.5) is 0 Å². The molecule has 0 aromatic rings. The zero-order valence-electron chi connectivity index (χ0n) is 8.22. The van der Waals surface area contributed by atoms with E-state index in [1.165, 1.54) is 0 Å². The molecule has 0 spiro atoms. The van der Waals surface area contributed by atoms with E-state index < -0.39 is 0 Å². The molecule has 1 aliphatic rings. The van der Waals surface area contributed by atoms with Crippen LogP contribution in [0.25, 0.3) is 0 Å². The number of nitrogens with two attached hydrogens (primary N) is 2. The van der Waals surface area contributed by atoms with Gasteiger partial charge in [0.05, 0.1) is 0 Å². The fraction of sp³-hybridized carbons (Fsp3) is 0.600. The number of hydrogen-bond donors (Lipinski definition) is 3. The highest BCUT2D eigenvalue weighted by Crippen LogP contribution is 2.17. The molecule has 1 heterocycles. The molecule has 3 heteroatoms. The van der Waals surface area contributed by atoms with E-state index >= 15 is 0 Å². The van der Waals surface area contributed by atoms with E-state index in [9.17, 15) is 0 Å². The predicted octanol–water partition coefficient (Wildman–Crippen LogP) is 0.691. The van der Waals surface area contributed by atoms with Crippen molar-refractivity contribution in [1.29, 1.82) is 0 Å². The van der Waals surface area contributed by atoms with Crippen LogP contribution in [-0.2, 0) is 0 Å². The molecular formula is C10H19N3. The normalized spacial score (nSPS) is 21.9. The molecule has 1 rings (SSSR count). The highest BCUT2D eigenvalue weighted by molar-refractivity contribution is 5.15. The highest BCUT2D eigenvalue weighted by Gasteiger charge is 2.14. The second-order valence-electron chi connectivity index (χ2n) is 3.60. The number of allylic oxidation sites excluding steroid dienone is 4. The standard InChI is InChI=1S/C10H19N3/c1-8(11)2-3-10(12)9-4-6-13-7-5-9/h2-3,9,13H,4-7,11-12H2,1H3/b8-2-,10-3-. The Morgan fingerprint density at radius 2 is 1.85 bits per heavy atom. The first-order valence-corrected chi connectivity index (χ1v) is 4.80. The lowest BCUT2D eigenvalue weighted by molar-refractivity contribution is 0.417. The molecular weight excluding hydrogens is 162 g/mol. The fourth-order valence-electron chi connectivity index (χ4n) is 1.52. The van der Waals surface area contributed by atoms with Crippen LogP contribution in [0.2, 0.25) is 0 Å². The molecule has 3 nitrogen and oxygen atoms in total. The third-order valence-corrected chi connectivity index (χ3v) is 2.35. The first-order chi connectivity index (χ1) is 6.20. The van der Waals surface area contributed by atoms with Gasteiger partial charge in [-0.25, -0.2) is 0 Å². The van der Waals surface area contributed by atoms with Crippen LogP contribution in [0.15, 0.2) is 23.5 Å². The average molecular weight is 181 g/mol. The van der Waals surface area contributed by atoms with Gasteiger partial charge in [-0.2, -0.15) is 0 Å². The molecule has 1 fully saturated rings. The van der Waals surface area contributed by atoms with Crippen LogP contribution in [0.3, 0.4) is 0 Å². The summed E-state index contributed by atoms with van der Waals surface area (Å²) in [4.78, 5) is 0. The SMILES string of the molecule is C/C(N)=C/C=C(\N)C1CCNCC1. The molecule has 13 heavy (non-hydrogen) atoms. The summed E-state index contributed by atoms with van der Waals surface area (Å²) in [6, 6.07) is 0. The molecule has 0 amide bonds. The van der Waals surface area contributed by atoms with E-state index in [1.54, 1.807) is 0 Å². The van der Waals surface area contributed by atoms with Crippen molar-refractivity contribution in [3.8, 4) is 0 Å². The van der Waals surface area contributed by atoms with Crippen LogP contribution in [0.1, 0.15) is 19.8 Å². The van der Waals surface area contributed by atoms with Crippen LogP contribution in [0, 0.1) is 5.92 Å². The van der Waals surface area contributed by atoms with Gasteiger partial charge in [-0.3, -0.25) is 0 Å². The summed E-state index contributed by atoms with van der Waals surface area (Å²) < 4.78 is 0. The van der Waals surface area contributed by atoms with E-state index in [0.717, 1.165) is 37.3 Å². The van der Waals surface area contributed by atoms with Crippen molar-refractivity contribution in [3.63, 3.8) is 0 Å². The largest absolute Gasteiger partial charge is 0.402 e. The molecule has 5 N–H and O–H groups in total. The smallest absolute Gasteiger partial charge is 0.0114 e. The topological polar surface area (TPSA) is 64.1 Å². The zero-order chi connectivity index (χ0) is 9.68. The predicted molar refractivity (Wildman–Crippen MR) is 55.8 cm³/mol. The van der Waals surface area contributed by atoms with Crippen molar-refractivity contribution >= 4 is 0 Å². The van der Waals surface area contributed by atoms with Gasteiger partial charge in [-0.1, -0.05) is 0 Å². The Labute approximate surface area is 79.9 Å². The minimum atomic E-state index is 0.539. The van der Waals surface area contributed by atoms with E-state index in [4.69, 9.17) is 11.5 Å². The number of rotatable bonds is 2. The molecule has 74 valence electrons.